The summed E-state index contributed by atoms with van der Waals surface area (Å²) < 4.78 is 0. The van der Waals surface area contributed by atoms with Crippen molar-refractivity contribution in [2.24, 2.45) is 5.92 Å². The normalized spacial score (nSPS) is 14.3. The molecule has 0 bridgehead atoms. The van der Waals surface area contributed by atoms with Crippen LogP contribution in [0, 0.1) is 12.8 Å². The Balaban J connectivity index is 1.62. The first kappa shape index (κ1) is 17.2. The smallest absolute Gasteiger partial charge is 0.255 e. The summed E-state index contributed by atoms with van der Waals surface area (Å²) in [5.41, 5.74) is 3.05. The summed E-state index contributed by atoms with van der Waals surface area (Å²) in [6, 6.07) is 14.7. The van der Waals surface area contributed by atoms with E-state index in [-0.39, 0.29) is 11.8 Å². The molecule has 0 spiro atoms. The summed E-state index contributed by atoms with van der Waals surface area (Å²) >= 11 is 0. The van der Waals surface area contributed by atoms with E-state index in [0.717, 1.165) is 24.1 Å². The van der Waals surface area contributed by atoms with Gasteiger partial charge in [-0.2, -0.15) is 0 Å². The summed E-state index contributed by atoms with van der Waals surface area (Å²) in [5.74, 6) is 0.355. The van der Waals surface area contributed by atoms with Gasteiger partial charge in [0.15, 0.2) is 0 Å². The zero-order valence-corrected chi connectivity index (χ0v) is 14.5. The van der Waals surface area contributed by atoms with Gasteiger partial charge < -0.3 is 10.6 Å². The third-order valence-electron chi connectivity index (χ3n) is 4.63. The molecule has 2 aromatic carbocycles. The quantitative estimate of drug-likeness (QED) is 0.826. The molecule has 1 aliphatic carbocycles. The lowest BCUT2D eigenvalue weighted by Crippen LogP contribution is -2.16. The van der Waals surface area contributed by atoms with Crippen LogP contribution in [-0.2, 0) is 4.79 Å². The second-order valence-corrected chi connectivity index (χ2v) is 6.81. The molecule has 0 saturated heterocycles. The van der Waals surface area contributed by atoms with Crippen molar-refractivity contribution < 1.29 is 9.59 Å². The molecule has 0 heterocycles. The molecular formula is C21H24N2O2. The highest BCUT2D eigenvalue weighted by atomic mass is 16.2. The van der Waals surface area contributed by atoms with Crippen LogP contribution in [0.5, 0.6) is 0 Å². The van der Waals surface area contributed by atoms with E-state index in [1.54, 1.807) is 18.2 Å². The molecule has 1 fully saturated rings. The largest absolute Gasteiger partial charge is 0.326 e. The Morgan fingerprint density at radius 3 is 2.36 bits per heavy atom. The number of carbonyl (C=O) groups excluding carboxylic acids is 2. The first-order chi connectivity index (χ1) is 12.1. The zero-order chi connectivity index (χ0) is 17.6. The maximum absolute atomic E-state index is 12.4. The molecule has 3 rings (SSSR count). The van der Waals surface area contributed by atoms with E-state index in [2.05, 4.69) is 10.6 Å². The minimum absolute atomic E-state index is 0.0307. The fourth-order valence-corrected chi connectivity index (χ4v) is 3.35. The van der Waals surface area contributed by atoms with Crippen LogP contribution in [-0.4, -0.2) is 11.8 Å². The Labute approximate surface area is 148 Å². The van der Waals surface area contributed by atoms with Crippen LogP contribution in [0.4, 0.5) is 11.4 Å². The highest BCUT2D eigenvalue weighted by Crippen LogP contribution is 2.27. The Kier molecular flexibility index (Phi) is 5.49. The standard InChI is InChI=1S/C21H24N2O2/c1-15-6-4-10-18(12-15)23-21(25)17-9-5-11-19(14-17)22-20(24)13-16-7-2-3-8-16/h4-6,9-12,14,16H,2-3,7-8,13H2,1H3,(H,22,24)(H,23,25). The van der Waals surface area contributed by atoms with E-state index in [1.165, 1.54) is 12.8 Å². The van der Waals surface area contributed by atoms with Gasteiger partial charge in [0.05, 0.1) is 0 Å². The average molecular weight is 336 g/mol. The molecule has 1 saturated carbocycles. The van der Waals surface area contributed by atoms with Crippen molar-refractivity contribution in [3.63, 3.8) is 0 Å². The van der Waals surface area contributed by atoms with E-state index in [0.29, 0.717) is 23.6 Å². The van der Waals surface area contributed by atoms with Gasteiger partial charge in [0.25, 0.3) is 5.91 Å². The second-order valence-electron chi connectivity index (χ2n) is 6.81. The Morgan fingerprint density at radius 2 is 1.64 bits per heavy atom. The molecule has 4 nitrogen and oxygen atoms in total. The number of anilines is 2. The molecule has 2 N–H and O–H groups in total. The van der Waals surface area contributed by atoms with Crippen molar-refractivity contribution in [3.05, 3.63) is 59.7 Å². The van der Waals surface area contributed by atoms with Crippen molar-refractivity contribution in [2.45, 2.75) is 39.0 Å². The van der Waals surface area contributed by atoms with Crippen LogP contribution in [0.25, 0.3) is 0 Å². The predicted molar refractivity (Wildman–Crippen MR) is 101 cm³/mol. The topological polar surface area (TPSA) is 58.2 Å². The molecule has 25 heavy (non-hydrogen) atoms. The summed E-state index contributed by atoms with van der Waals surface area (Å²) in [6.07, 6.45) is 5.32. The molecular weight excluding hydrogens is 312 g/mol. The van der Waals surface area contributed by atoms with Crippen molar-refractivity contribution in [3.8, 4) is 0 Å². The van der Waals surface area contributed by atoms with Crippen LogP contribution >= 0.6 is 0 Å². The first-order valence-corrected chi connectivity index (χ1v) is 8.88. The number of hydrogen-bond acceptors (Lipinski definition) is 2. The van der Waals surface area contributed by atoms with Crippen molar-refractivity contribution in [1.82, 2.24) is 0 Å². The first-order valence-electron chi connectivity index (χ1n) is 8.88. The lowest BCUT2D eigenvalue weighted by molar-refractivity contribution is -0.117. The number of benzene rings is 2. The van der Waals surface area contributed by atoms with Crippen molar-refractivity contribution >= 4 is 23.2 Å². The number of aryl methyl sites for hydroxylation is 1. The van der Waals surface area contributed by atoms with Gasteiger partial charge in [0.1, 0.15) is 0 Å². The van der Waals surface area contributed by atoms with Crippen LogP contribution in [0.1, 0.15) is 48.0 Å². The van der Waals surface area contributed by atoms with Crippen molar-refractivity contribution in [1.29, 1.82) is 0 Å². The van der Waals surface area contributed by atoms with Crippen LogP contribution in [0.15, 0.2) is 48.5 Å². The van der Waals surface area contributed by atoms with Gasteiger partial charge in [-0.3, -0.25) is 9.59 Å². The molecule has 4 heteroatoms. The molecule has 0 radical (unpaired) electrons. The highest BCUT2D eigenvalue weighted by Gasteiger charge is 2.18. The SMILES string of the molecule is Cc1cccc(NC(=O)c2cccc(NC(=O)CC3CCCC3)c2)c1. The monoisotopic (exact) mass is 336 g/mol. The maximum atomic E-state index is 12.4. The summed E-state index contributed by atoms with van der Waals surface area (Å²) in [4.78, 5) is 24.6. The van der Waals surface area contributed by atoms with Crippen LogP contribution in [0.2, 0.25) is 0 Å². The Hall–Kier alpha value is -2.62. The minimum atomic E-state index is -0.183. The fraction of sp³-hybridized carbons (Fsp3) is 0.333. The average Bonchev–Trinajstić information content (AvgIpc) is 3.08. The maximum Gasteiger partial charge on any atom is 0.255 e. The number of amides is 2. The van der Waals surface area contributed by atoms with E-state index >= 15 is 0 Å². The summed E-state index contributed by atoms with van der Waals surface area (Å²) in [6.45, 7) is 1.98. The van der Waals surface area contributed by atoms with Gasteiger partial charge in [0.2, 0.25) is 5.91 Å². The summed E-state index contributed by atoms with van der Waals surface area (Å²) in [5, 5.41) is 5.80. The minimum Gasteiger partial charge on any atom is -0.326 e. The third-order valence-corrected chi connectivity index (χ3v) is 4.63. The van der Waals surface area contributed by atoms with Gasteiger partial charge in [-0.25, -0.2) is 0 Å². The zero-order valence-electron chi connectivity index (χ0n) is 14.5. The third kappa shape index (κ3) is 4.92. The second kappa shape index (κ2) is 7.97. The van der Waals surface area contributed by atoms with Crippen LogP contribution in [0.3, 0.4) is 0 Å². The lowest BCUT2D eigenvalue weighted by atomic mass is 10.0. The number of rotatable bonds is 5. The number of carbonyl (C=O) groups is 2. The lowest BCUT2D eigenvalue weighted by Gasteiger charge is -2.11. The molecule has 1 aliphatic rings. The number of nitrogens with one attached hydrogen (secondary N) is 2. The van der Waals surface area contributed by atoms with E-state index in [9.17, 15) is 9.59 Å². The number of hydrogen-bond donors (Lipinski definition) is 2. The Bertz CT molecular complexity index is 764. The summed E-state index contributed by atoms with van der Waals surface area (Å²) in [7, 11) is 0. The van der Waals surface area contributed by atoms with Crippen molar-refractivity contribution in [2.75, 3.05) is 10.6 Å². The predicted octanol–water partition coefficient (Wildman–Crippen LogP) is 4.77. The molecule has 0 aromatic heterocycles. The highest BCUT2D eigenvalue weighted by molar-refractivity contribution is 6.05. The molecule has 0 aliphatic heterocycles. The van der Waals surface area contributed by atoms with Gasteiger partial charge in [-0.15, -0.1) is 0 Å². The molecule has 0 unspecified atom stereocenters. The van der Waals surface area contributed by atoms with Gasteiger partial charge in [-0.05, 0) is 61.6 Å². The van der Waals surface area contributed by atoms with Gasteiger partial charge >= 0.3 is 0 Å². The molecule has 0 atom stereocenters. The fourth-order valence-electron chi connectivity index (χ4n) is 3.35. The molecule has 2 aromatic rings. The van der Waals surface area contributed by atoms with E-state index < -0.39 is 0 Å². The van der Waals surface area contributed by atoms with E-state index in [1.807, 2.05) is 37.3 Å². The van der Waals surface area contributed by atoms with Gasteiger partial charge in [-0.1, -0.05) is 31.0 Å². The van der Waals surface area contributed by atoms with E-state index in [4.69, 9.17) is 0 Å². The Morgan fingerprint density at radius 1 is 0.960 bits per heavy atom. The molecule has 2 amide bonds. The van der Waals surface area contributed by atoms with Crippen LogP contribution < -0.4 is 10.6 Å². The molecule has 130 valence electrons. The van der Waals surface area contributed by atoms with Gasteiger partial charge in [0, 0.05) is 23.4 Å².